The van der Waals surface area contributed by atoms with Crippen molar-refractivity contribution in [3.05, 3.63) is 47.5 Å². The van der Waals surface area contributed by atoms with Crippen LogP contribution in [0.15, 0.2) is 36.4 Å². The minimum absolute atomic E-state index is 0.0202. The number of ether oxygens (including phenoxy) is 5. The summed E-state index contributed by atoms with van der Waals surface area (Å²) in [6.45, 7) is 4.20. The lowest BCUT2D eigenvalue weighted by Gasteiger charge is -2.48. The van der Waals surface area contributed by atoms with Gasteiger partial charge in [0.25, 0.3) is 0 Å². The van der Waals surface area contributed by atoms with E-state index in [1.54, 1.807) is 14.2 Å². The van der Waals surface area contributed by atoms with Crippen molar-refractivity contribution in [1.82, 2.24) is 0 Å². The standard InChI is InChI=1S/C32H34O7/c1-5-37-29(33)31-23-15-11-12-16(13-15)24(23)32(39-31,30(34)38-6-2)26-20-14-19(25(26)31)21-22(20)28(36-4)18-10-8-7-9-17(18)27(21)35-3/h7-12,15-16,19-20,23-26H,5-6,13-14H2,1-4H3/t15-,16+,19-,20+,23+,24-,25-,26+,31+,32-. The second-order valence-corrected chi connectivity index (χ2v) is 12.1. The molecule has 39 heavy (non-hydrogen) atoms. The maximum atomic E-state index is 14.2. The lowest BCUT2D eigenvalue weighted by atomic mass is 9.50. The number of carbonyl (C=O) groups excluding carboxylic acids is 2. The topological polar surface area (TPSA) is 80.3 Å². The second kappa shape index (κ2) is 7.78. The lowest BCUT2D eigenvalue weighted by molar-refractivity contribution is -0.189. The third kappa shape index (κ3) is 2.43. The summed E-state index contributed by atoms with van der Waals surface area (Å²) in [5.74, 6) is 0.762. The molecule has 2 aromatic carbocycles. The number of methoxy groups -OCH3 is 2. The Morgan fingerprint density at radius 2 is 1.23 bits per heavy atom. The average Bonchev–Trinajstić information content (AvgIpc) is 3.78. The number of hydrogen-bond donors (Lipinski definition) is 0. The van der Waals surface area contributed by atoms with Crippen molar-refractivity contribution in [3.8, 4) is 11.5 Å². The lowest BCUT2D eigenvalue weighted by Crippen LogP contribution is -2.60. The first-order valence-corrected chi connectivity index (χ1v) is 14.4. The Morgan fingerprint density at radius 3 is 1.64 bits per heavy atom. The van der Waals surface area contributed by atoms with Gasteiger partial charge in [-0.2, -0.15) is 0 Å². The summed E-state index contributed by atoms with van der Waals surface area (Å²) in [6, 6.07) is 8.15. The zero-order chi connectivity index (χ0) is 26.8. The van der Waals surface area contributed by atoms with E-state index in [0.29, 0.717) is 0 Å². The van der Waals surface area contributed by atoms with E-state index in [-0.39, 0.29) is 72.5 Å². The molecule has 2 saturated heterocycles. The zero-order valence-corrected chi connectivity index (χ0v) is 22.8. The van der Waals surface area contributed by atoms with Crippen LogP contribution >= 0.6 is 0 Å². The molecule has 2 aliphatic heterocycles. The van der Waals surface area contributed by atoms with Crippen molar-refractivity contribution in [2.75, 3.05) is 27.4 Å². The summed E-state index contributed by atoms with van der Waals surface area (Å²) in [7, 11) is 3.43. The first-order chi connectivity index (χ1) is 19.0. The van der Waals surface area contributed by atoms with Crippen molar-refractivity contribution in [2.45, 2.75) is 49.7 Å². The van der Waals surface area contributed by atoms with E-state index in [1.807, 2.05) is 26.0 Å². The van der Waals surface area contributed by atoms with Crippen LogP contribution in [0.4, 0.5) is 0 Å². The highest BCUT2D eigenvalue weighted by Crippen LogP contribution is 2.82. The van der Waals surface area contributed by atoms with Gasteiger partial charge in [-0.25, -0.2) is 9.59 Å². The average molecular weight is 531 g/mol. The first-order valence-electron chi connectivity index (χ1n) is 14.4. The van der Waals surface area contributed by atoms with Crippen LogP contribution in [-0.4, -0.2) is 50.6 Å². The Labute approximate surface area is 227 Å². The van der Waals surface area contributed by atoms with Crippen molar-refractivity contribution in [1.29, 1.82) is 0 Å². The molecule has 10 atom stereocenters. The molecule has 2 aromatic rings. The Morgan fingerprint density at radius 1 is 0.769 bits per heavy atom. The predicted octanol–water partition coefficient (Wildman–Crippen LogP) is 4.76. The highest BCUT2D eigenvalue weighted by molar-refractivity contribution is 5.98. The van der Waals surface area contributed by atoms with E-state index in [0.717, 1.165) is 46.2 Å². The van der Waals surface area contributed by atoms with Crippen molar-refractivity contribution in [3.63, 3.8) is 0 Å². The fourth-order valence-corrected chi connectivity index (χ4v) is 10.5. The summed E-state index contributed by atoms with van der Waals surface area (Å²) in [6.07, 6.45) is 6.24. The van der Waals surface area contributed by atoms with Gasteiger partial charge in [-0.1, -0.05) is 36.4 Å². The molecule has 4 fully saturated rings. The van der Waals surface area contributed by atoms with Gasteiger partial charge in [-0.3, -0.25) is 0 Å². The van der Waals surface area contributed by atoms with Gasteiger partial charge in [0.1, 0.15) is 11.5 Å². The number of carbonyl (C=O) groups is 2. The molecular formula is C32H34O7. The van der Waals surface area contributed by atoms with Gasteiger partial charge < -0.3 is 23.7 Å². The third-order valence-electron chi connectivity index (χ3n) is 11.1. The van der Waals surface area contributed by atoms with E-state index < -0.39 is 11.2 Å². The van der Waals surface area contributed by atoms with Crippen LogP contribution in [-0.2, 0) is 23.8 Å². The Hall–Kier alpha value is -3.06. The highest BCUT2D eigenvalue weighted by atomic mass is 16.6. The summed E-state index contributed by atoms with van der Waals surface area (Å²) >= 11 is 0. The van der Waals surface area contributed by atoms with Gasteiger partial charge in [0.05, 0.1) is 27.4 Å². The number of hydrogen-bond acceptors (Lipinski definition) is 7. The van der Waals surface area contributed by atoms with Crippen LogP contribution in [0, 0.1) is 35.5 Å². The minimum atomic E-state index is -1.19. The van der Waals surface area contributed by atoms with E-state index >= 15 is 0 Å². The molecule has 204 valence electrons. The Bertz CT molecular complexity index is 1360. The molecular weight excluding hydrogens is 496 g/mol. The molecule has 0 unspecified atom stereocenters. The molecule has 6 bridgehead atoms. The number of esters is 2. The fraction of sp³-hybridized carbons (Fsp3) is 0.562. The van der Waals surface area contributed by atoms with Gasteiger partial charge in [-0.15, -0.1) is 0 Å². The normalized spacial score (nSPS) is 41.0. The molecule has 0 amide bonds. The summed E-state index contributed by atoms with van der Waals surface area (Å²) < 4.78 is 31.0. The summed E-state index contributed by atoms with van der Waals surface area (Å²) in [5.41, 5.74) is -0.172. The van der Waals surface area contributed by atoms with E-state index in [2.05, 4.69) is 24.3 Å². The van der Waals surface area contributed by atoms with Gasteiger partial charge in [0.15, 0.2) is 11.2 Å². The second-order valence-electron chi connectivity index (χ2n) is 12.1. The van der Waals surface area contributed by atoms with E-state index in [4.69, 9.17) is 23.7 Å². The van der Waals surface area contributed by atoms with Crippen LogP contribution in [0.3, 0.4) is 0 Å². The maximum absolute atomic E-state index is 14.2. The van der Waals surface area contributed by atoms with Gasteiger partial charge in [0.2, 0.25) is 0 Å². The van der Waals surface area contributed by atoms with Crippen LogP contribution in [0.25, 0.3) is 10.8 Å². The largest absolute Gasteiger partial charge is 0.496 e. The van der Waals surface area contributed by atoms with Gasteiger partial charge in [-0.05, 0) is 50.4 Å². The molecule has 6 aliphatic rings. The number of benzene rings is 2. The molecule has 2 saturated carbocycles. The number of allylic oxidation sites excluding steroid dienone is 2. The molecule has 8 rings (SSSR count). The minimum Gasteiger partial charge on any atom is -0.496 e. The van der Waals surface area contributed by atoms with E-state index in [9.17, 15) is 9.59 Å². The van der Waals surface area contributed by atoms with Crippen molar-refractivity contribution >= 4 is 22.7 Å². The first kappa shape index (κ1) is 23.8. The quantitative estimate of drug-likeness (QED) is 0.394. The number of rotatable bonds is 6. The Kier molecular flexibility index (Phi) is 4.75. The maximum Gasteiger partial charge on any atom is 0.339 e. The van der Waals surface area contributed by atoms with Gasteiger partial charge in [0, 0.05) is 45.6 Å². The van der Waals surface area contributed by atoms with E-state index in [1.165, 1.54) is 0 Å². The van der Waals surface area contributed by atoms with Crippen LogP contribution in [0.1, 0.15) is 49.7 Å². The summed E-state index contributed by atoms with van der Waals surface area (Å²) in [5, 5.41) is 1.99. The van der Waals surface area contributed by atoms with Crippen LogP contribution in [0.2, 0.25) is 0 Å². The number of fused-ring (bicyclic) bond motifs is 20. The fourth-order valence-electron chi connectivity index (χ4n) is 10.5. The molecule has 7 nitrogen and oxygen atoms in total. The molecule has 4 aliphatic carbocycles. The van der Waals surface area contributed by atoms with Crippen molar-refractivity contribution in [2.24, 2.45) is 35.5 Å². The Balaban J connectivity index is 1.43. The molecule has 0 aromatic heterocycles. The molecule has 0 N–H and O–H groups in total. The molecule has 0 radical (unpaired) electrons. The third-order valence-corrected chi connectivity index (χ3v) is 11.1. The zero-order valence-electron chi connectivity index (χ0n) is 22.8. The smallest absolute Gasteiger partial charge is 0.339 e. The van der Waals surface area contributed by atoms with Crippen LogP contribution < -0.4 is 9.47 Å². The van der Waals surface area contributed by atoms with Crippen LogP contribution in [0.5, 0.6) is 11.5 Å². The molecule has 2 heterocycles. The predicted molar refractivity (Wildman–Crippen MR) is 142 cm³/mol. The SMILES string of the molecule is CCOC(=O)[C@@]12O[C@@](C(=O)OCC)([C@@H]3[C@H]1[C@@H]1C[C@H]3c3c1c(OC)c1ccccc1c3OC)[C@H]1[C@@H]2[C@@H]2C=C[C@H]1C2. The highest BCUT2D eigenvalue weighted by Gasteiger charge is 2.89. The molecule has 0 spiro atoms. The van der Waals surface area contributed by atoms with Crippen molar-refractivity contribution < 1.29 is 33.3 Å². The monoisotopic (exact) mass is 530 g/mol. The summed E-state index contributed by atoms with van der Waals surface area (Å²) in [4.78, 5) is 28.4. The molecule has 7 heteroatoms. The van der Waals surface area contributed by atoms with Gasteiger partial charge >= 0.3 is 11.9 Å².